The number of aliphatic imine (C=N–C) groups is 1. The van der Waals surface area contributed by atoms with Gasteiger partial charge in [-0.1, -0.05) is 6.07 Å². The molecule has 8 heteroatoms. The van der Waals surface area contributed by atoms with Gasteiger partial charge in [0, 0.05) is 38.7 Å². The molecular weight excluding hydrogens is 419 g/mol. The van der Waals surface area contributed by atoms with Crippen LogP contribution in [0.2, 0.25) is 0 Å². The summed E-state index contributed by atoms with van der Waals surface area (Å²) >= 11 is 0. The Hall–Kier alpha value is -2.23. The molecule has 24 heavy (non-hydrogen) atoms. The maximum absolute atomic E-state index is 11.8. The molecule has 0 spiro atoms. The van der Waals surface area contributed by atoms with Gasteiger partial charge in [-0.05, 0) is 24.3 Å². The van der Waals surface area contributed by atoms with E-state index in [-0.39, 0.29) is 29.9 Å². The number of guanidine groups is 1. The number of hydrogen-bond acceptors (Lipinski definition) is 4. The van der Waals surface area contributed by atoms with Crippen molar-refractivity contribution >= 4 is 35.8 Å². The molecule has 0 aliphatic heterocycles. The Morgan fingerprint density at radius 1 is 1.08 bits per heavy atom. The van der Waals surface area contributed by atoms with Crippen molar-refractivity contribution in [1.82, 2.24) is 25.9 Å². The third-order valence-electron chi connectivity index (χ3n) is 3.01. The third kappa shape index (κ3) is 6.90. The molecule has 128 valence electrons. The molecule has 0 saturated carbocycles. The fraction of sp³-hybridized carbons (Fsp3) is 0.250. The standard InChI is InChI=1S/C16H20N6O.HI/c1-17-16(22-12-14-6-2-3-8-19-14)21-10-9-20-15(23)13-5-4-7-18-11-13;/h2-8,11H,9-10,12H2,1H3,(H,20,23)(H2,17,21,22);1H. The second kappa shape index (κ2) is 11.3. The molecule has 0 radical (unpaired) electrons. The third-order valence-corrected chi connectivity index (χ3v) is 3.01. The summed E-state index contributed by atoms with van der Waals surface area (Å²) in [4.78, 5) is 24.1. The first-order valence-electron chi connectivity index (χ1n) is 7.32. The molecule has 2 rings (SSSR count). The molecule has 0 saturated heterocycles. The first kappa shape index (κ1) is 19.8. The average molecular weight is 440 g/mol. The normalized spacial score (nSPS) is 10.5. The molecule has 0 bridgehead atoms. The van der Waals surface area contributed by atoms with Crippen LogP contribution in [0.3, 0.4) is 0 Å². The molecule has 3 N–H and O–H groups in total. The summed E-state index contributed by atoms with van der Waals surface area (Å²) in [6.07, 6.45) is 4.92. The lowest BCUT2D eigenvalue weighted by atomic mass is 10.3. The summed E-state index contributed by atoms with van der Waals surface area (Å²) < 4.78 is 0. The van der Waals surface area contributed by atoms with Crippen LogP contribution >= 0.6 is 24.0 Å². The SMILES string of the molecule is CN=C(NCCNC(=O)c1cccnc1)NCc1ccccn1.I. The van der Waals surface area contributed by atoms with Crippen LogP contribution in [0.25, 0.3) is 0 Å². The average Bonchev–Trinajstić information content (AvgIpc) is 2.62. The highest BCUT2D eigenvalue weighted by atomic mass is 127. The zero-order valence-electron chi connectivity index (χ0n) is 13.4. The van der Waals surface area contributed by atoms with Crippen molar-refractivity contribution in [2.75, 3.05) is 20.1 Å². The van der Waals surface area contributed by atoms with E-state index in [9.17, 15) is 4.79 Å². The molecule has 2 aromatic heterocycles. The van der Waals surface area contributed by atoms with E-state index >= 15 is 0 Å². The van der Waals surface area contributed by atoms with Crippen molar-refractivity contribution in [1.29, 1.82) is 0 Å². The van der Waals surface area contributed by atoms with Crippen LogP contribution in [-0.2, 0) is 6.54 Å². The molecule has 1 amide bonds. The molecule has 0 fully saturated rings. The van der Waals surface area contributed by atoms with E-state index in [1.54, 1.807) is 31.6 Å². The van der Waals surface area contributed by atoms with Crippen LogP contribution in [-0.4, -0.2) is 42.0 Å². The van der Waals surface area contributed by atoms with Crippen molar-refractivity contribution in [2.45, 2.75) is 6.54 Å². The van der Waals surface area contributed by atoms with Crippen molar-refractivity contribution in [3.05, 3.63) is 60.2 Å². The van der Waals surface area contributed by atoms with Gasteiger partial charge in [-0.25, -0.2) is 0 Å². The molecule has 2 heterocycles. The maximum Gasteiger partial charge on any atom is 0.252 e. The van der Waals surface area contributed by atoms with E-state index in [1.807, 2.05) is 18.2 Å². The number of hydrogen-bond donors (Lipinski definition) is 3. The fourth-order valence-corrected chi connectivity index (χ4v) is 1.85. The lowest BCUT2D eigenvalue weighted by Gasteiger charge is -2.12. The van der Waals surface area contributed by atoms with Crippen LogP contribution < -0.4 is 16.0 Å². The van der Waals surface area contributed by atoms with Crippen LogP contribution in [0.15, 0.2) is 53.9 Å². The summed E-state index contributed by atoms with van der Waals surface area (Å²) in [6.45, 7) is 1.63. The number of amides is 1. The van der Waals surface area contributed by atoms with Gasteiger partial charge in [-0.15, -0.1) is 24.0 Å². The van der Waals surface area contributed by atoms with Crippen molar-refractivity contribution in [2.24, 2.45) is 4.99 Å². The van der Waals surface area contributed by atoms with Gasteiger partial charge in [0.05, 0.1) is 17.8 Å². The Morgan fingerprint density at radius 3 is 2.58 bits per heavy atom. The molecule has 0 atom stereocenters. The number of carbonyl (C=O) groups is 1. The number of nitrogens with one attached hydrogen (secondary N) is 3. The van der Waals surface area contributed by atoms with Gasteiger partial charge < -0.3 is 16.0 Å². The Bertz CT molecular complexity index is 636. The Balaban J connectivity index is 0.00000288. The topological polar surface area (TPSA) is 91.3 Å². The van der Waals surface area contributed by atoms with E-state index in [0.29, 0.717) is 31.2 Å². The van der Waals surface area contributed by atoms with Crippen LogP contribution in [0.1, 0.15) is 16.1 Å². The van der Waals surface area contributed by atoms with Crippen LogP contribution in [0.4, 0.5) is 0 Å². The summed E-state index contributed by atoms with van der Waals surface area (Å²) in [5.74, 6) is 0.516. The molecule has 2 aromatic rings. The van der Waals surface area contributed by atoms with Gasteiger partial charge in [0.15, 0.2) is 5.96 Å². The molecule has 0 aromatic carbocycles. The number of pyridine rings is 2. The number of rotatable bonds is 6. The van der Waals surface area contributed by atoms with E-state index in [1.165, 1.54) is 6.20 Å². The minimum Gasteiger partial charge on any atom is -0.355 e. The maximum atomic E-state index is 11.8. The highest BCUT2D eigenvalue weighted by Crippen LogP contribution is 1.94. The lowest BCUT2D eigenvalue weighted by molar-refractivity contribution is 0.0954. The zero-order chi connectivity index (χ0) is 16.3. The van der Waals surface area contributed by atoms with Crippen molar-refractivity contribution in [3.8, 4) is 0 Å². The summed E-state index contributed by atoms with van der Waals surface area (Å²) in [5.41, 5.74) is 1.48. The summed E-state index contributed by atoms with van der Waals surface area (Å²) in [6, 6.07) is 9.21. The van der Waals surface area contributed by atoms with Crippen LogP contribution in [0.5, 0.6) is 0 Å². The summed E-state index contributed by atoms with van der Waals surface area (Å²) in [7, 11) is 1.70. The highest BCUT2D eigenvalue weighted by Gasteiger charge is 2.04. The van der Waals surface area contributed by atoms with Gasteiger partial charge in [-0.3, -0.25) is 19.8 Å². The Labute approximate surface area is 158 Å². The van der Waals surface area contributed by atoms with Crippen LogP contribution in [0, 0.1) is 0 Å². The molecule has 0 unspecified atom stereocenters. The lowest BCUT2D eigenvalue weighted by Crippen LogP contribution is -2.41. The smallest absolute Gasteiger partial charge is 0.252 e. The minimum atomic E-state index is -0.142. The molecule has 7 nitrogen and oxygen atoms in total. The quantitative estimate of drug-likeness (QED) is 0.272. The van der Waals surface area contributed by atoms with Gasteiger partial charge in [0.25, 0.3) is 5.91 Å². The second-order valence-corrected chi connectivity index (χ2v) is 4.67. The Kier molecular flexibility index (Phi) is 9.35. The van der Waals surface area contributed by atoms with Gasteiger partial charge in [-0.2, -0.15) is 0 Å². The van der Waals surface area contributed by atoms with E-state index in [4.69, 9.17) is 0 Å². The monoisotopic (exact) mass is 440 g/mol. The largest absolute Gasteiger partial charge is 0.355 e. The number of halogens is 1. The minimum absolute atomic E-state index is 0. The molecule has 0 aliphatic rings. The molecular formula is C16H21IN6O. The Morgan fingerprint density at radius 2 is 1.92 bits per heavy atom. The van der Waals surface area contributed by atoms with Gasteiger partial charge in [0.2, 0.25) is 0 Å². The van der Waals surface area contributed by atoms with E-state index < -0.39 is 0 Å². The first-order valence-corrected chi connectivity index (χ1v) is 7.32. The number of carbonyl (C=O) groups excluding carboxylic acids is 1. The highest BCUT2D eigenvalue weighted by molar-refractivity contribution is 14.0. The predicted molar refractivity (Wildman–Crippen MR) is 104 cm³/mol. The predicted octanol–water partition coefficient (Wildman–Crippen LogP) is 1.19. The number of nitrogens with zero attached hydrogens (tertiary/aromatic N) is 3. The van der Waals surface area contributed by atoms with Gasteiger partial charge >= 0.3 is 0 Å². The van der Waals surface area contributed by atoms with Crippen molar-refractivity contribution in [3.63, 3.8) is 0 Å². The fourth-order valence-electron chi connectivity index (χ4n) is 1.85. The molecule has 0 aliphatic carbocycles. The number of aromatic nitrogens is 2. The zero-order valence-corrected chi connectivity index (χ0v) is 15.7. The van der Waals surface area contributed by atoms with Gasteiger partial charge in [0.1, 0.15) is 0 Å². The van der Waals surface area contributed by atoms with E-state index in [2.05, 4.69) is 30.9 Å². The summed E-state index contributed by atoms with van der Waals surface area (Å²) in [5, 5.41) is 9.10. The van der Waals surface area contributed by atoms with E-state index in [0.717, 1.165) is 5.69 Å². The second-order valence-electron chi connectivity index (χ2n) is 4.67. The van der Waals surface area contributed by atoms with Crippen molar-refractivity contribution < 1.29 is 4.79 Å². The first-order chi connectivity index (χ1) is 11.3.